The van der Waals surface area contributed by atoms with Crippen LogP contribution < -0.4 is 32.5 Å². The van der Waals surface area contributed by atoms with E-state index in [1.165, 1.54) is 52.1 Å². The van der Waals surface area contributed by atoms with Gasteiger partial charge in [0.25, 0.3) is 27.8 Å². The van der Waals surface area contributed by atoms with E-state index in [1.54, 1.807) is 101 Å². The highest BCUT2D eigenvalue weighted by molar-refractivity contribution is 5.89. The minimum absolute atomic E-state index is 0.000535. The molecule has 20 rings (SSSR count). The Balaban J connectivity index is 0.000000128. The molecule has 1 atom stereocenters. The summed E-state index contributed by atoms with van der Waals surface area (Å²) in [4.78, 5) is 125. The first-order valence-electron chi connectivity index (χ1n) is 48.4. The highest BCUT2D eigenvalue weighted by atomic mass is 19.1. The summed E-state index contributed by atoms with van der Waals surface area (Å²) >= 11 is 0. The van der Waals surface area contributed by atoms with Crippen molar-refractivity contribution in [2.24, 2.45) is 35.2 Å². The lowest BCUT2D eigenvalue weighted by Crippen LogP contribution is -2.19. The van der Waals surface area contributed by atoms with Gasteiger partial charge in [0.2, 0.25) is 0 Å². The summed E-state index contributed by atoms with van der Waals surface area (Å²) in [6, 6.07) is 67.1. The summed E-state index contributed by atoms with van der Waals surface area (Å²) in [5.74, 6) is 1.55. The molecule has 0 radical (unpaired) electrons. The van der Waals surface area contributed by atoms with Gasteiger partial charge in [-0.25, -0.2) is 8.78 Å². The number of nitrogens with zero attached hydrogens (tertiary/aromatic N) is 8. The number of rotatable bonds is 16. The zero-order valence-electron chi connectivity index (χ0n) is 82.4. The Morgan fingerprint density at radius 3 is 1.20 bits per heavy atom. The molecule has 0 saturated heterocycles. The number of carbonyl (C=O) groups excluding carboxylic acids is 5. The molecule has 21 heteroatoms. The molecule has 5 aliphatic carbocycles. The maximum Gasteiger partial charge on any atom is 0.253 e. The Morgan fingerprint density at radius 1 is 0.336 bits per heavy atom. The molecule has 0 aliphatic heterocycles. The molecule has 0 amide bonds. The van der Waals surface area contributed by atoms with E-state index >= 15 is 0 Å². The first-order valence-corrected chi connectivity index (χ1v) is 48.4. The van der Waals surface area contributed by atoms with Gasteiger partial charge in [-0.1, -0.05) is 115 Å². The van der Waals surface area contributed by atoms with Gasteiger partial charge in [-0.05, 0) is 334 Å². The van der Waals surface area contributed by atoms with E-state index in [4.69, 9.17) is 4.74 Å². The van der Waals surface area contributed by atoms with Gasteiger partial charge in [0.1, 0.15) is 52.4 Å². The predicted octanol–water partition coefficient (Wildman–Crippen LogP) is 20.0. The lowest BCUT2D eigenvalue weighted by atomic mass is 9.81. The number of benzene rings is 9. The molecule has 0 spiro atoms. The minimum atomic E-state index is -0.256. The van der Waals surface area contributed by atoms with Gasteiger partial charge in [-0.15, -0.1) is 0 Å². The lowest BCUT2D eigenvalue weighted by molar-refractivity contribution is -0.119. The molecule has 6 aromatic heterocycles. The number of pyridine rings is 6. The molecule has 0 saturated carbocycles. The molecule has 9 aromatic carbocycles. The molecule has 6 heterocycles. The molecule has 0 fully saturated rings. The average Bonchev–Trinajstić information content (AvgIpc) is 0.767. The molecule has 0 bridgehead atoms. The summed E-state index contributed by atoms with van der Waals surface area (Å²) < 4.78 is 41.0. The first-order chi connectivity index (χ1) is 68.7. The first kappa shape index (κ1) is 99.9. The van der Waals surface area contributed by atoms with Crippen LogP contribution >= 0.6 is 0 Å². The zero-order valence-corrected chi connectivity index (χ0v) is 82.4. The standard InChI is InChI=1S/2C25H22N2O2.2C24H22FNO2.C24H24N2O3/c1-16-10-20(15-27(2)25(16)29)23-8-6-19-13-21(28)7-9-22(19)24(23)12-17-4-3-5-18(11-17)14-26;1-16-11-20(15-27(2)25(16)29)23-9-7-18-12-21(28)8-10-22(18)24(23)13-17-5-3-4-6-19(17)14-26;1-15-11-18(14-26(2)24(15)28)22-9-5-17-13-20(27)8-10-21(17)23(22)12-16-3-6-19(25)7-4-16;1-15-9-20(14-26(2)24(15)28)23-13-17-5-8-22(27)12-18(17)11-19(23)10-16-3-6-21(25)7-4-16;1-15-9-20(14-26(3)24(15)28)19-10-17-6-7-21(27)12-22(17)23(11-19)29-16(2)18-5-4-8-25-13-18/h3-6,8,10-11,15H,7,9,12-13H2,1-2H3;3-7,9,11,15H,8,10,12-13H2,1-2H3;3-7,9,11,14H,8,10,12-13H2,1-2H3;3-4,6-7,9,11,13-14H,5,8,10,12H2,1-2H3;4-5,8-11,13-14,16H,6-7,12H2,1-3H3. The van der Waals surface area contributed by atoms with Crippen molar-refractivity contribution in [1.29, 1.82) is 10.5 Å². The van der Waals surface area contributed by atoms with Crippen LogP contribution in [0.1, 0.15) is 190 Å². The number of aromatic nitrogens is 6. The molecule has 143 heavy (non-hydrogen) atoms. The van der Waals surface area contributed by atoms with Gasteiger partial charge in [-0.3, -0.25) is 52.9 Å². The SMILES string of the molecule is Cc1cc(-c2cc3c(c(OC(C)c4cccnc4)c2)CC(=O)CC3)cn(C)c1=O.Cc1cc(-c2cc3c(cc2Cc2ccc(F)cc2)CC(=O)CC3)cn(C)c1=O.Cc1cc(-c2ccc3c(c2Cc2ccc(F)cc2)CCC(=O)C3)cn(C)c1=O.Cc1cc(-c2ccc3c(c2Cc2cccc(C#N)c2)CCC(=O)C3)cn(C)c1=O.Cc1cc(-c2ccc3c(c2Cc2ccccc2C#N)CCC(=O)C3)cn(C)c1=O. The number of fused-ring (bicyclic) bond motifs is 5. The van der Waals surface area contributed by atoms with Crippen LogP contribution in [0.4, 0.5) is 8.78 Å². The highest BCUT2D eigenvalue weighted by Crippen LogP contribution is 2.42. The van der Waals surface area contributed by atoms with Crippen LogP contribution in [0.2, 0.25) is 0 Å². The number of ether oxygens (including phenoxy) is 1. The topological polar surface area (TPSA) is 265 Å². The quantitative estimate of drug-likeness (QED) is 0.0871. The molecule has 0 N–H and O–H groups in total. The van der Waals surface area contributed by atoms with Crippen molar-refractivity contribution in [3.63, 3.8) is 0 Å². The fourth-order valence-electron chi connectivity index (χ4n) is 20.4. The van der Waals surface area contributed by atoms with E-state index in [2.05, 4.69) is 59.6 Å². The second-order valence-corrected chi connectivity index (χ2v) is 38.4. The van der Waals surface area contributed by atoms with E-state index in [9.17, 15) is 67.2 Å². The summed E-state index contributed by atoms with van der Waals surface area (Å²) in [5.41, 5.74) is 35.9. The number of aryl methyl sites for hydroxylation is 12. The Hall–Kier alpha value is -16.1. The smallest absolute Gasteiger partial charge is 0.253 e. The number of hydrogen-bond donors (Lipinski definition) is 0. The molecule has 15 aromatic rings. The van der Waals surface area contributed by atoms with Gasteiger partial charge in [0, 0.05) is 182 Å². The van der Waals surface area contributed by atoms with Crippen molar-refractivity contribution < 1.29 is 37.5 Å². The van der Waals surface area contributed by atoms with E-state index in [0.29, 0.717) is 135 Å². The van der Waals surface area contributed by atoms with Crippen molar-refractivity contribution >= 4 is 28.9 Å². The zero-order chi connectivity index (χ0) is 101. The molecular weight excluding hydrogens is 1790 g/mol. The van der Waals surface area contributed by atoms with Crippen LogP contribution in [0.5, 0.6) is 5.75 Å². The van der Waals surface area contributed by atoms with Crippen molar-refractivity contribution in [2.75, 3.05) is 0 Å². The van der Waals surface area contributed by atoms with Crippen LogP contribution in [-0.2, 0) is 149 Å². The van der Waals surface area contributed by atoms with E-state index in [1.807, 2.05) is 176 Å². The third-order valence-electron chi connectivity index (χ3n) is 27.9. The Morgan fingerprint density at radius 2 is 0.748 bits per heavy atom. The monoisotopic (exact) mass is 1900 g/mol. The van der Waals surface area contributed by atoms with Gasteiger partial charge < -0.3 is 27.6 Å². The largest absolute Gasteiger partial charge is 0.486 e. The van der Waals surface area contributed by atoms with Crippen molar-refractivity contribution in [2.45, 2.75) is 170 Å². The molecule has 19 nitrogen and oxygen atoms in total. The Labute approximate surface area is 829 Å². The van der Waals surface area contributed by atoms with Gasteiger partial charge in [-0.2, -0.15) is 10.5 Å². The van der Waals surface area contributed by atoms with Gasteiger partial charge in [0.15, 0.2) is 0 Å². The maximum absolute atomic E-state index is 13.3. The average molecular weight is 1900 g/mol. The predicted molar refractivity (Wildman–Crippen MR) is 554 cm³/mol. The lowest BCUT2D eigenvalue weighted by Gasteiger charge is -2.23. The summed E-state index contributed by atoms with van der Waals surface area (Å²) in [7, 11) is 8.81. The normalized spacial score (nSPS) is 13.5. The van der Waals surface area contributed by atoms with Crippen molar-refractivity contribution in [3.05, 3.63) is 452 Å². The number of hydrogen-bond acceptors (Lipinski definition) is 14. The van der Waals surface area contributed by atoms with Gasteiger partial charge >= 0.3 is 0 Å². The van der Waals surface area contributed by atoms with Crippen LogP contribution in [0, 0.1) is 68.9 Å². The van der Waals surface area contributed by atoms with E-state index in [-0.39, 0.29) is 74.5 Å². The van der Waals surface area contributed by atoms with E-state index in [0.717, 1.165) is 165 Å². The number of carbonyl (C=O) groups is 5. The third-order valence-corrected chi connectivity index (χ3v) is 27.9. The summed E-state index contributed by atoms with van der Waals surface area (Å²) in [6.45, 7) is 11.1. The maximum atomic E-state index is 13.3. The molecule has 5 aliphatic rings. The van der Waals surface area contributed by atoms with Crippen LogP contribution in [0.3, 0.4) is 0 Å². The number of halogens is 2. The van der Waals surface area contributed by atoms with E-state index < -0.39 is 0 Å². The van der Waals surface area contributed by atoms with Crippen LogP contribution in [0.15, 0.2) is 268 Å². The molecule has 1 unspecified atom stereocenters. The summed E-state index contributed by atoms with van der Waals surface area (Å²) in [6.07, 6.45) is 24.0. The second kappa shape index (κ2) is 43.7. The third kappa shape index (κ3) is 23.1. The fourth-order valence-corrected chi connectivity index (χ4v) is 20.4. The Kier molecular flexibility index (Phi) is 30.5. The van der Waals surface area contributed by atoms with Crippen LogP contribution in [0.25, 0.3) is 55.6 Å². The second-order valence-electron chi connectivity index (χ2n) is 38.4. The highest BCUT2D eigenvalue weighted by Gasteiger charge is 2.30. The Bertz CT molecular complexity index is 7820. The minimum Gasteiger partial charge on any atom is -0.486 e. The molecular formula is C122H112F2N8O11. The molecule has 720 valence electrons. The van der Waals surface area contributed by atoms with Gasteiger partial charge in [0.05, 0.1) is 23.3 Å². The van der Waals surface area contributed by atoms with Crippen LogP contribution in [-0.4, -0.2) is 56.7 Å². The van der Waals surface area contributed by atoms with Crippen molar-refractivity contribution in [3.8, 4) is 73.5 Å². The summed E-state index contributed by atoms with van der Waals surface area (Å²) in [5, 5.41) is 18.8. The number of nitriles is 2. The number of ketones is 5. The fraction of sp³-hybridized carbons (Fsp3) is 0.254. The van der Waals surface area contributed by atoms with Crippen molar-refractivity contribution in [1.82, 2.24) is 27.8 Å². The number of Topliss-reactive ketones (excluding diaryl/α,β-unsaturated/α-hetero) is 5.